The largest absolute Gasteiger partial charge is 0.399 e. The van der Waals surface area contributed by atoms with Crippen molar-refractivity contribution in [2.75, 3.05) is 12.3 Å². The van der Waals surface area contributed by atoms with Crippen LogP contribution in [0.1, 0.15) is 30.9 Å². The van der Waals surface area contributed by atoms with Crippen LogP contribution in [0.5, 0.6) is 0 Å². The van der Waals surface area contributed by atoms with E-state index in [-0.39, 0.29) is 0 Å². The van der Waals surface area contributed by atoms with Crippen molar-refractivity contribution in [3.8, 4) is 0 Å². The highest BCUT2D eigenvalue weighted by molar-refractivity contribution is 5.41. The standard InChI is InChI=1S/C12H17NO2/c13-10-4-1-3-9(7-10)12(14)8-15-11-5-2-6-11/h1,3-4,7,11-12,14H,2,5-6,8,13H2. The van der Waals surface area contributed by atoms with Gasteiger partial charge < -0.3 is 15.6 Å². The molecular formula is C12H17NO2. The summed E-state index contributed by atoms with van der Waals surface area (Å²) >= 11 is 0. The number of ether oxygens (including phenoxy) is 1. The Morgan fingerprint density at radius 3 is 2.87 bits per heavy atom. The fourth-order valence-electron chi connectivity index (χ4n) is 1.63. The molecule has 0 amide bonds. The summed E-state index contributed by atoms with van der Waals surface area (Å²) in [5, 5.41) is 9.83. The average molecular weight is 207 g/mol. The van der Waals surface area contributed by atoms with Crippen LogP contribution in [0.3, 0.4) is 0 Å². The Bertz CT molecular complexity index is 323. The van der Waals surface area contributed by atoms with E-state index >= 15 is 0 Å². The van der Waals surface area contributed by atoms with Gasteiger partial charge >= 0.3 is 0 Å². The molecule has 1 aliphatic rings. The highest BCUT2D eigenvalue weighted by Crippen LogP contribution is 2.24. The summed E-state index contributed by atoms with van der Waals surface area (Å²) in [7, 11) is 0. The average Bonchev–Trinajstić information content (AvgIpc) is 2.15. The van der Waals surface area contributed by atoms with Gasteiger partial charge in [-0.2, -0.15) is 0 Å². The topological polar surface area (TPSA) is 55.5 Å². The van der Waals surface area contributed by atoms with Crippen molar-refractivity contribution in [1.29, 1.82) is 0 Å². The fraction of sp³-hybridized carbons (Fsp3) is 0.500. The van der Waals surface area contributed by atoms with Crippen molar-refractivity contribution in [2.45, 2.75) is 31.5 Å². The second-order valence-corrected chi connectivity index (χ2v) is 4.07. The van der Waals surface area contributed by atoms with Gasteiger partial charge in [-0.1, -0.05) is 12.1 Å². The van der Waals surface area contributed by atoms with Crippen molar-refractivity contribution in [3.05, 3.63) is 29.8 Å². The SMILES string of the molecule is Nc1cccc(C(O)COC2CCC2)c1. The summed E-state index contributed by atoms with van der Waals surface area (Å²) in [6, 6.07) is 7.31. The maximum Gasteiger partial charge on any atom is 0.102 e. The van der Waals surface area contributed by atoms with Gasteiger partial charge in [0.25, 0.3) is 0 Å². The van der Waals surface area contributed by atoms with Crippen molar-refractivity contribution in [2.24, 2.45) is 0 Å². The first-order valence-corrected chi connectivity index (χ1v) is 5.41. The molecule has 2 rings (SSSR count). The molecule has 1 aromatic carbocycles. The molecule has 1 aromatic rings. The molecule has 0 saturated heterocycles. The maximum atomic E-state index is 9.83. The quantitative estimate of drug-likeness (QED) is 0.741. The minimum absolute atomic E-state index is 0.362. The molecule has 0 bridgehead atoms. The Hall–Kier alpha value is -1.06. The Kier molecular flexibility index (Phi) is 3.23. The van der Waals surface area contributed by atoms with Crippen LogP contribution in [0.25, 0.3) is 0 Å². The van der Waals surface area contributed by atoms with Gasteiger partial charge in [0, 0.05) is 5.69 Å². The third kappa shape index (κ3) is 2.70. The lowest BCUT2D eigenvalue weighted by atomic mass is 9.96. The second-order valence-electron chi connectivity index (χ2n) is 4.07. The lowest BCUT2D eigenvalue weighted by Crippen LogP contribution is -2.24. The van der Waals surface area contributed by atoms with E-state index in [1.807, 2.05) is 18.2 Å². The number of aliphatic hydroxyl groups is 1. The first-order chi connectivity index (χ1) is 7.25. The molecule has 1 saturated carbocycles. The van der Waals surface area contributed by atoms with E-state index in [4.69, 9.17) is 10.5 Å². The van der Waals surface area contributed by atoms with Gasteiger partial charge in [0.05, 0.1) is 12.7 Å². The predicted octanol–water partition coefficient (Wildman–Crippen LogP) is 1.87. The zero-order valence-corrected chi connectivity index (χ0v) is 8.73. The van der Waals surface area contributed by atoms with E-state index in [2.05, 4.69) is 0 Å². The molecule has 0 heterocycles. The number of nitrogens with two attached hydrogens (primary N) is 1. The highest BCUT2D eigenvalue weighted by Gasteiger charge is 2.19. The van der Waals surface area contributed by atoms with Crippen molar-refractivity contribution in [1.82, 2.24) is 0 Å². The van der Waals surface area contributed by atoms with E-state index in [0.717, 1.165) is 18.4 Å². The van der Waals surface area contributed by atoms with Crippen LogP contribution in [0.2, 0.25) is 0 Å². The van der Waals surface area contributed by atoms with Gasteiger partial charge in [0.15, 0.2) is 0 Å². The number of benzene rings is 1. The molecule has 1 unspecified atom stereocenters. The summed E-state index contributed by atoms with van der Waals surface area (Å²) in [5.74, 6) is 0. The smallest absolute Gasteiger partial charge is 0.102 e. The number of aliphatic hydroxyl groups excluding tert-OH is 1. The Labute approximate surface area is 89.9 Å². The van der Waals surface area contributed by atoms with Crippen LogP contribution in [-0.4, -0.2) is 17.8 Å². The van der Waals surface area contributed by atoms with Crippen LogP contribution in [-0.2, 0) is 4.74 Å². The molecule has 3 heteroatoms. The number of anilines is 1. The summed E-state index contributed by atoms with van der Waals surface area (Å²) in [6.07, 6.45) is 3.31. The van der Waals surface area contributed by atoms with E-state index in [1.54, 1.807) is 6.07 Å². The van der Waals surface area contributed by atoms with Gasteiger partial charge in [-0.05, 0) is 37.0 Å². The first-order valence-electron chi connectivity index (χ1n) is 5.41. The highest BCUT2D eigenvalue weighted by atomic mass is 16.5. The molecule has 0 radical (unpaired) electrons. The van der Waals surface area contributed by atoms with Gasteiger partial charge in [-0.15, -0.1) is 0 Å². The van der Waals surface area contributed by atoms with Gasteiger partial charge in [-0.25, -0.2) is 0 Å². The summed E-state index contributed by atoms with van der Waals surface area (Å²) < 4.78 is 5.54. The number of rotatable bonds is 4. The number of hydrogen-bond donors (Lipinski definition) is 2. The molecule has 15 heavy (non-hydrogen) atoms. The van der Waals surface area contributed by atoms with Crippen LogP contribution in [0, 0.1) is 0 Å². The van der Waals surface area contributed by atoms with Crippen LogP contribution in [0.4, 0.5) is 5.69 Å². The second kappa shape index (κ2) is 4.64. The summed E-state index contributed by atoms with van der Waals surface area (Å²) in [6.45, 7) is 0.369. The molecule has 3 nitrogen and oxygen atoms in total. The molecular weight excluding hydrogens is 190 g/mol. The molecule has 0 aliphatic heterocycles. The Morgan fingerprint density at radius 2 is 2.27 bits per heavy atom. The van der Waals surface area contributed by atoms with Crippen LogP contribution >= 0.6 is 0 Å². The number of hydrogen-bond acceptors (Lipinski definition) is 3. The van der Waals surface area contributed by atoms with E-state index in [1.165, 1.54) is 6.42 Å². The lowest BCUT2D eigenvalue weighted by Gasteiger charge is -2.26. The molecule has 82 valence electrons. The van der Waals surface area contributed by atoms with E-state index < -0.39 is 6.10 Å². The number of nitrogen functional groups attached to an aromatic ring is 1. The minimum Gasteiger partial charge on any atom is -0.399 e. The normalized spacial score (nSPS) is 18.5. The molecule has 0 spiro atoms. The zero-order chi connectivity index (χ0) is 10.7. The minimum atomic E-state index is -0.561. The predicted molar refractivity (Wildman–Crippen MR) is 59.4 cm³/mol. The van der Waals surface area contributed by atoms with Crippen molar-refractivity contribution < 1.29 is 9.84 Å². The van der Waals surface area contributed by atoms with Gasteiger partial charge in [0.2, 0.25) is 0 Å². The summed E-state index contributed by atoms with van der Waals surface area (Å²) in [5.41, 5.74) is 7.14. The third-order valence-corrected chi connectivity index (χ3v) is 2.84. The summed E-state index contributed by atoms with van der Waals surface area (Å²) in [4.78, 5) is 0. The molecule has 0 aromatic heterocycles. The van der Waals surface area contributed by atoms with Crippen molar-refractivity contribution >= 4 is 5.69 Å². The fourth-order valence-corrected chi connectivity index (χ4v) is 1.63. The van der Waals surface area contributed by atoms with E-state index in [9.17, 15) is 5.11 Å². The lowest BCUT2D eigenvalue weighted by molar-refractivity contribution is -0.0426. The first kappa shape index (κ1) is 10.5. The molecule has 1 aliphatic carbocycles. The Morgan fingerprint density at radius 1 is 1.47 bits per heavy atom. The van der Waals surface area contributed by atoms with Gasteiger partial charge in [-0.3, -0.25) is 0 Å². The molecule has 3 N–H and O–H groups in total. The molecule has 1 fully saturated rings. The zero-order valence-electron chi connectivity index (χ0n) is 8.73. The Balaban J connectivity index is 1.86. The van der Waals surface area contributed by atoms with E-state index in [0.29, 0.717) is 18.4 Å². The van der Waals surface area contributed by atoms with Crippen molar-refractivity contribution in [3.63, 3.8) is 0 Å². The third-order valence-electron chi connectivity index (χ3n) is 2.84. The van der Waals surface area contributed by atoms with Crippen LogP contribution < -0.4 is 5.73 Å². The maximum absolute atomic E-state index is 9.83. The monoisotopic (exact) mass is 207 g/mol. The molecule has 1 atom stereocenters. The van der Waals surface area contributed by atoms with Gasteiger partial charge in [0.1, 0.15) is 6.10 Å². The van der Waals surface area contributed by atoms with Crippen LogP contribution in [0.15, 0.2) is 24.3 Å².